The molecule has 3 aromatic rings. The first-order valence-corrected chi connectivity index (χ1v) is 11.3. The maximum atomic E-state index is 5.60. The second-order valence-corrected chi connectivity index (χ2v) is 8.96. The lowest BCUT2D eigenvalue weighted by Gasteiger charge is -2.32. The molecule has 5 rings (SSSR count). The van der Waals surface area contributed by atoms with Crippen molar-refractivity contribution in [1.82, 2.24) is 29.8 Å². The molecule has 0 amide bonds. The SMILES string of the molecule is Cc1cc(-c2cnc(N3CCCC3)nc2C2CCN(Cc3cn(C)nc3C)CC2)on1. The van der Waals surface area contributed by atoms with Crippen molar-refractivity contribution in [3.63, 3.8) is 0 Å². The molecule has 0 atom stereocenters. The van der Waals surface area contributed by atoms with Gasteiger partial charge in [-0.1, -0.05) is 5.16 Å². The number of piperidine rings is 1. The molecular formula is C23H31N7O. The fourth-order valence-electron chi connectivity index (χ4n) is 4.86. The van der Waals surface area contributed by atoms with Gasteiger partial charge in [-0.2, -0.15) is 5.10 Å². The van der Waals surface area contributed by atoms with Crippen molar-refractivity contribution < 1.29 is 4.52 Å². The number of aryl methyl sites for hydroxylation is 3. The molecule has 164 valence electrons. The van der Waals surface area contributed by atoms with E-state index in [9.17, 15) is 0 Å². The molecule has 2 saturated heterocycles. The smallest absolute Gasteiger partial charge is 0.225 e. The summed E-state index contributed by atoms with van der Waals surface area (Å²) < 4.78 is 7.51. The number of likely N-dealkylation sites (tertiary alicyclic amines) is 1. The van der Waals surface area contributed by atoms with Crippen LogP contribution in [-0.4, -0.2) is 56.0 Å². The van der Waals surface area contributed by atoms with Gasteiger partial charge in [0.15, 0.2) is 5.76 Å². The van der Waals surface area contributed by atoms with Gasteiger partial charge in [-0.15, -0.1) is 0 Å². The number of aromatic nitrogens is 5. The van der Waals surface area contributed by atoms with Crippen LogP contribution in [0.15, 0.2) is 23.0 Å². The fraction of sp³-hybridized carbons (Fsp3) is 0.565. The lowest BCUT2D eigenvalue weighted by molar-refractivity contribution is 0.203. The molecule has 2 aliphatic rings. The second kappa shape index (κ2) is 8.42. The van der Waals surface area contributed by atoms with Gasteiger partial charge >= 0.3 is 0 Å². The molecule has 0 unspecified atom stereocenters. The molecule has 2 fully saturated rings. The Morgan fingerprint density at radius 2 is 1.87 bits per heavy atom. The van der Waals surface area contributed by atoms with Gasteiger partial charge in [-0.25, -0.2) is 9.97 Å². The third-order valence-corrected chi connectivity index (χ3v) is 6.57. The van der Waals surface area contributed by atoms with Gasteiger partial charge in [0.25, 0.3) is 0 Å². The molecule has 0 N–H and O–H groups in total. The van der Waals surface area contributed by atoms with Crippen LogP contribution < -0.4 is 4.90 Å². The Kier molecular flexibility index (Phi) is 5.48. The predicted molar refractivity (Wildman–Crippen MR) is 119 cm³/mol. The molecule has 8 heteroatoms. The molecule has 5 heterocycles. The van der Waals surface area contributed by atoms with Crippen LogP contribution in [-0.2, 0) is 13.6 Å². The Bertz CT molecular complexity index is 1040. The van der Waals surface area contributed by atoms with E-state index in [-0.39, 0.29) is 0 Å². The molecule has 0 aliphatic carbocycles. The van der Waals surface area contributed by atoms with Gasteiger partial charge in [-0.05, 0) is 52.6 Å². The maximum absolute atomic E-state index is 5.60. The van der Waals surface area contributed by atoms with Crippen molar-refractivity contribution >= 4 is 5.95 Å². The van der Waals surface area contributed by atoms with Crippen LogP contribution in [0, 0.1) is 13.8 Å². The minimum absolute atomic E-state index is 0.399. The zero-order valence-corrected chi connectivity index (χ0v) is 18.7. The molecule has 0 saturated carbocycles. The van der Waals surface area contributed by atoms with Crippen LogP contribution >= 0.6 is 0 Å². The normalized spacial score (nSPS) is 18.2. The summed E-state index contributed by atoms with van der Waals surface area (Å²) in [5.41, 5.74) is 5.43. The zero-order chi connectivity index (χ0) is 21.4. The van der Waals surface area contributed by atoms with Crippen LogP contribution in [0.5, 0.6) is 0 Å². The number of hydrogen-bond donors (Lipinski definition) is 0. The Balaban J connectivity index is 1.36. The Labute approximate surface area is 183 Å². The van der Waals surface area contributed by atoms with Crippen molar-refractivity contribution in [3.8, 4) is 11.3 Å². The standard InChI is InChI=1S/C23H31N7O/c1-16-12-21(31-27-16)20-13-24-23(30-8-4-5-9-30)25-22(20)18-6-10-29(11-7-18)15-19-14-28(3)26-17(19)2/h12-14,18H,4-11,15H2,1-3H3. The first-order valence-electron chi connectivity index (χ1n) is 11.3. The molecular weight excluding hydrogens is 390 g/mol. The van der Waals surface area contributed by atoms with Gasteiger partial charge in [-0.3, -0.25) is 9.58 Å². The predicted octanol–water partition coefficient (Wildman–Crippen LogP) is 3.46. The molecule has 0 spiro atoms. The van der Waals surface area contributed by atoms with E-state index in [0.29, 0.717) is 5.92 Å². The highest BCUT2D eigenvalue weighted by Gasteiger charge is 2.28. The largest absolute Gasteiger partial charge is 0.356 e. The maximum Gasteiger partial charge on any atom is 0.225 e. The van der Waals surface area contributed by atoms with Gasteiger partial charge < -0.3 is 9.42 Å². The van der Waals surface area contributed by atoms with Gasteiger partial charge in [0.1, 0.15) is 0 Å². The molecule has 2 aliphatic heterocycles. The van der Waals surface area contributed by atoms with Crippen LogP contribution in [0.3, 0.4) is 0 Å². The first-order chi connectivity index (χ1) is 15.1. The summed E-state index contributed by atoms with van der Waals surface area (Å²) in [6, 6.07) is 1.98. The highest BCUT2D eigenvalue weighted by atomic mass is 16.5. The fourth-order valence-corrected chi connectivity index (χ4v) is 4.86. The summed E-state index contributed by atoms with van der Waals surface area (Å²) in [6.45, 7) is 9.20. The highest BCUT2D eigenvalue weighted by Crippen LogP contribution is 2.35. The lowest BCUT2D eigenvalue weighted by atomic mass is 9.90. The van der Waals surface area contributed by atoms with E-state index in [1.807, 2.05) is 30.9 Å². The molecule has 0 bridgehead atoms. The van der Waals surface area contributed by atoms with Crippen molar-refractivity contribution in [1.29, 1.82) is 0 Å². The third kappa shape index (κ3) is 4.21. The zero-order valence-electron chi connectivity index (χ0n) is 18.7. The quantitative estimate of drug-likeness (QED) is 0.624. The molecule has 31 heavy (non-hydrogen) atoms. The van der Waals surface area contributed by atoms with E-state index in [1.54, 1.807) is 0 Å². The van der Waals surface area contributed by atoms with E-state index in [1.165, 1.54) is 18.4 Å². The summed E-state index contributed by atoms with van der Waals surface area (Å²) in [5.74, 6) is 2.03. The van der Waals surface area contributed by atoms with Crippen LogP contribution in [0.2, 0.25) is 0 Å². The van der Waals surface area contributed by atoms with Gasteiger partial charge in [0.05, 0.1) is 22.6 Å². The van der Waals surface area contributed by atoms with Crippen molar-refractivity contribution in [3.05, 3.63) is 41.1 Å². The molecule has 8 nitrogen and oxygen atoms in total. The number of nitrogens with zero attached hydrogens (tertiary/aromatic N) is 7. The monoisotopic (exact) mass is 421 g/mol. The molecule has 3 aromatic heterocycles. The Morgan fingerprint density at radius 3 is 2.52 bits per heavy atom. The Hall–Kier alpha value is -2.74. The van der Waals surface area contributed by atoms with E-state index < -0.39 is 0 Å². The van der Waals surface area contributed by atoms with E-state index in [4.69, 9.17) is 14.5 Å². The number of hydrogen-bond acceptors (Lipinski definition) is 7. The summed E-state index contributed by atoms with van der Waals surface area (Å²) in [6.07, 6.45) is 8.67. The van der Waals surface area contributed by atoms with Crippen molar-refractivity contribution in [2.75, 3.05) is 31.1 Å². The minimum Gasteiger partial charge on any atom is -0.356 e. The first kappa shape index (κ1) is 20.2. The average Bonchev–Trinajstić information content (AvgIpc) is 3.51. The van der Waals surface area contributed by atoms with Crippen molar-refractivity contribution in [2.45, 2.75) is 52.0 Å². The van der Waals surface area contributed by atoms with E-state index in [2.05, 4.69) is 33.2 Å². The lowest BCUT2D eigenvalue weighted by Crippen LogP contribution is -2.33. The summed E-state index contributed by atoms with van der Waals surface area (Å²) in [4.78, 5) is 14.6. The van der Waals surface area contributed by atoms with E-state index in [0.717, 1.165) is 79.9 Å². The van der Waals surface area contributed by atoms with Crippen LogP contribution in [0.1, 0.15) is 54.2 Å². The average molecular weight is 422 g/mol. The summed E-state index contributed by atoms with van der Waals surface area (Å²) >= 11 is 0. The van der Waals surface area contributed by atoms with Crippen LogP contribution in [0.4, 0.5) is 5.95 Å². The van der Waals surface area contributed by atoms with Crippen molar-refractivity contribution in [2.24, 2.45) is 7.05 Å². The van der Waals surface area contributed by atoms with E-state index >= 15 is 0 Å². The highest BCUT2D eigenvalue weighted by molar-refractivity contribution is 5.61. The minimum atomic E-state index is 0.399. The number of anilines is 1. The Morgan fingerprint density at radius 1 is 1.10 bits per heavy atom. The molecule has 0 aromatic carbocycles. The van der Waals surface area contributed by atoms with Crippen LogP contribution in [0.25, 0.3) is 11.3 Å². The summed E-state index contributed by atoms with van der Waals surface area (Å²) in [7, 11) is 1.99. The van der Waals surface area contributed by atoms with Gasteiger partial charge in [0.2, 0.25) is 5.95 Å². The third-order valence-electron chi connectivity index (χ3n) is 6.57. The topological polar surface area (TPSA) is 76.1 Å². The summed E-state index contributed by atoms with van der Waals surface area (Å²) in [5, 5.41) is 8.58. The number of rotatable bonds is 5. The second-order valence-electron chi connectivity index (χ2n) is 8.96. The molecule has 0 radical (unpaired) electrons. The van der Waals surface area contributed by atoms with Gasteiger partial charge in [0, 0.05) is 56.6 Å².